The molecule has 0 N–H and O–H groups in total. The molecule has 2 aromatic rings. The molecule has 0 aliphatic heterocycles. The van der Waals surface area contributed by atoms with E-state index in [-0.39, 0.29) is 10.0 Å². The first-order valence-electron chi connectivity index (χ1n) is 7.19. The predicted octanol–water partition coefficient (Wildman–Crippen LogP) is 5.73. The summed E-state index contributed by atoms with van der Waals surface area (Å²) in [6.45, 7) is 0. The van der Waals surface area contributed by atoms with Crippen molar-refractivity contribution in [1.29, 1.82) is 0 Å². The van der Waals surface area contributed by atoms with Gasteiger partial charge in [-0.15, -0.1) is 0 Å². The smallest absolute Gasteiger partial charge is 0.186 e. The fourth-order valence-electron chi connectivity index (χ4n) is 1.95. The molecule has 0 unspecified atom stereocenters. The summed E-state index contributed by atoms with van der Waals surface area (Å²) in [4.78, 5) is 0. The molecule has 0 bridgehead atoms. The van der Waals surface area contributed by atoms with Crippen LogP contribution in [0.3, 0.4) is 0 Å². The van der Waals surface area contributed by atoms with Crippen LogP contribution in [0.4, 0.5) is 0 Å². The first kappa shape index (κ1) is 22.3. The van der Waals surface area contributed by atoms with E-state index in [0.717, 1.165) is 10.8 Å². The minimum absolute atomic E-state index is 0.282. The van der Waals surface area contributed by atoms with Crippen molar-refractivity contribution in [1.82, 2.24) is 0 Å². The molecule has 0 saturated heterocycles. The Bertz CT molecular complexity index is 1030. The van der Waals surface area contributed by atoms with E-state index in [0.29, 0.717) is 21.2 Å². The van der Waals surface area contributed by atoms with E-state index in [1.165, 1.54) is 36.4 Å². The summed E-state index contributed by atoms with van der Waals surface area (Å²) in [6, 6.07) is 9.03. The molecule has 0 spiro atoms. The maximum atomic E-state index is 12.1. The van der Waals surface area contributed by atoms with Crippen molar-refractivity contribution in [2.45, 2.75) is 0 Å². The quantitative estimate of drug-likeness (QED) is 0.523. The van der Waals surface area contributed by atoms with E-state index in [1.807, 2.05) is 0 Å². The van der Waals surface area contributed by atoms with Gasteiger partial charge in [-0.2, -0.15) is 0 Å². The topological polar surface area (TPSA) is 68.3 Å². The molecular weight excluding hydrogens is 474 g/mol. The van der Waals surface area contributed by atoms with Crippen LogP contribution in [0.15, 0.2) is 47.2 Å². The average molecular weight is 486 g/mol. The molecule has 10 heteroatoms. The zero-order valence-corrected chi connectivity index (χ0v) is 18.1. The van der Waals surface area contributed by atoms with Crippen molar-refractivity contribution in [3.63, 3.8) is 0 Å². The molecule has 0 aliphatic rings. The van der Waals surface area contributed by atoms with Gasteiger partial charge in [0.05, 0.1) is 0 Å². The highest BCUT2D eigenvalue weighted by atomic mass is 35.5. The van der Waals surface area contributed by atoms with Gasteiger partial charge in [-0.25, -0.2) is 16.8 Å². The maximum absolute atomic E-state index is 12.1. The minimum Gasteiger partial charge on any atom is -0.223 e. The highest BCUT2D eigenvalue weighted by Crippen LogP contribution is 2.23. The Morgan fingerprint density at radius 1 is 0.667 bits per heavy atom. The third-order valence-corrected chi connectivity index (χ3v) is 8.04. The van der Waals surface area contributed by atoms with Crippen LogP contribution in [0.2, 0.25) is 20.1 Å². The monoisotopic (exact) mass is 484 g/mol. The fourth-order valence-corrected chi connectivity index (χ4v) is 5.84. The van der Waals surface area contributed by atoms with Crippen molar-refractivity contribution in [2.24, 2.45) is 0 Å². The van der Waals surface area contributed by atoms with Gasteiger partial charge in [-0.05, 0) is 59.7 Å². The van der Waals surface area contributed by atoms with Crippen LogP contribution in [-0.2, 0) is 19.7 Å². The Hall–Kier alpha value is -1.02. The van der Waals surface area contributed by atoms with Crippen molar-refractivity contribution < 1.29 is 16.8 Å². The van der Waals surface area contributed by atoms with Gasteiger partial charge in [0.1, 0.15) is 0 Å². The van der Waals surface area contributed by atoms with E-state index in [9.17, 15) is 16.8 Å². The molecule has 0 atom stereocenters. The molecule has 0 heterocycles. The third-order valence-electron chi connectivity index (χ3n) is 3.15. The third kappa shape index (κ3) is 7.14. The molecule has 4 nitrogen and oxygen atoms in total. The van der Waals surface area contributed by atoms with E-state index >= 15 is 0 Å². The first-order chi connectivity index (χ1) is 12.5. The fraction of sp³-hybridized carbons (Fsp3) is 0.0588. The van der Waals surface area contributed by atoms with Crippen LogP contribution in [-0.4, -0.2) is 21.9 Å². The van der Waals surface area contributed by atoms with Crippen LogP contribution in [0, 0.1) is 0 Å². The van der Waals surface area contributed by atoms with Crippen molar-refractivity contribution in [2.75, 3.05) is 5.08 Å². The summed E-state index contributed by atoms with van der Waals surface area (Å²) < 4.78 is 48.5. The lowest BCUT2D eigenvalue weighted by Gasteiger charge is -2.01. The van der Waals surface area contributed by atoms with Crippen LogP contribution in [0.1, 0.15) is 11.1 Å². The standard InChI is InChI=1S/C17H12Cl4O4S2/c18-14-1-3-16(20)12(9-14)5-7-26(22,23)11-27(24,25)8-6-13-10-15(19)2-4-17(13)21/h1-10H,11H2/b7-5+,8-6+. The van der Waals surface area contributed by atoms with Gasteiger partial charge in [0.2, 0.25) is 0 Å². The minimum atomic E-state index is -4.07. The summed E-state index contributed by atoms with van der Waals surface area (Å²) in [5.41, 5.74) is 0.706. The molecule has 0 fully saturated rings. The number of hydrogen-bond donors (Lipinski definition) is 0. The molecule has 2 rings (SSSR count). The Kier molecular flexibility index (Phi) is 7.41. The van der Waals surface area contributed by atoms with E-state index in [4.69, 9.17) is 46.4 Å². The number of sulfone groups is 2. The number of halogens is 4. The average Bonchev–Trinajstić information content (AvgIpc) is 2.56. The van der Waals surface area contributed by atoms with Gasteiger partial charge in [0, 0.05) is 30.9 Å². The Morgan fingerprint density at radius 2 is 1.04 bits per heavy atom. The maximum Gasteiger partial charge on any atom is 0.186 e. The van der Waals surface area contributed by atoms with Crippen LogP contribution >= 0.6 is 46.4 Å². The van der Waals surface area contributed by atoms with E-state index in [1.54, 1.807) is 12.1 Å². The summed E-state index contributed by atoms with van der Waals surface area (Å²) in [7, 11) is -8.14. The van der Waals surface area contributed by atoms with Gasteiger partial charge in [0.15, 0.2) is 24.8 Å². The highest BCUT2D eigenvalue weighted by molar-refractivity contribution is 8.10. The zero-order valence-electron chi connectivity index (χ0n) is 13.4. The normalized spacial score (nSPS) is 12.9. The number of rotatable bonds is 6. The van der Waals surface area contributed by atoms with Gasteiger partial charge >= 0.3 is 0 Å². The summed E-state index contributed by atoms with van der Waals surface area (Å²) in [5, 5.41) is 1.75. The molecule has 27 heavy (non-hydrogen) atoms. The molecule has 0 radical (unpaired) electrons. The van der Waals surface area contributed by atoms with Crippen LogP contribution in [0.5, 0.6) is 0 Å². The lowest BCUT2D eigenvalue weighted by molar-refractivity contribution is 0.598. The molecule has 0 amide bonds. The second kappa shape index (κ2) is 8.99. The van der Waals surface area contributed by atoms with Crippen molar-refractivity contribution >= 4 is 78.2 Å². The van der Waals surface area contributed by atoms with Gasteiger partial charge in [-0.3, -0.25) is 0 Å². The molecule has 0 aliphatic carbocycles. The zero-order chi connectivity index (χ0) is 20.2. The van der Waals surface area contributed by atoms with Gasteiger partial charge in [-0.1, -0.05) is 46.4 Å². The summed E-state index contributed by atoms with van der Waals surface area (Å²) >= 11 is 23.6. The second-order valence-corrected chi connectivity index (χ2v) is 11.2. The molecule has 2 aromatic carbocycles. The Balaban J connectivity index is 2.20. The molecule has 0 aromatic heterocycles. The van der Waals surface area contributed by atoms with Crippen LogP contribution in [0.25, 0.3) is 12.2 Å². The summed E-state index contributed by atoms with van der Waals surface area (Å²) in [6.07, 6.45) is 2.38. The lowest BCUT2D eigenvalue weighted by atomic mass is 10.2. The van der Waals surface area contributed by atoms with E-state index in [2.05, 4.69) is 0 Å². The molecule has 0 saturated carbocycles. The Morgan fingerprint density at radius 3 is 1.41 bits per heavy atom. The number of hydrogen-bond acceptors (Lipinski definition) is 4. The first-order valence-corrected chi connectivity index (χ1v) is 12.1. The van der Waals surface area contributed by atoms with Crippen molar-refractivity contribution in [3.05, 3.63) is 78.4 Å². The highest BCUT2D eigenvalue weighted by Gasteiger charge is 2.18. The summed E-state index contributed by atoms with van der Waals surface area (Å²) in [5.74, 6) is 0. The largest absolute Gasteiger partial charge is 0.223 e. The molecular formula is C17H12Cl4O4S2. The Labute approximate surface area is 177 Å². The second-order valence-electron chi connectivity index (χ2n) is 5.38. The predicted molar refractivity (Wildman–Crippen MR) is 114 cm³/mol. The van der Waals surface area contributed by atoms with Gasteiger partial charge in [0.25, 0.3) is 0 Å². The molecule has 144 valence electrons. The van der Waals surface area contributed by atoms with Crippen LogP contribution < -0.4 is 0 Å². The SMILES string of the molecule is O=S(=O)(/C=C/c1cc(Cl)ccc1Cl)CS(=O)(=O)/C=C/c1cc(Cl)ccc1Cl. The van der Waals surface area contributed by atoms with Gasteiger partial charge < -0.3 is 0 Å². The lowest BCUT2D eigenvalue weighted by Crippen LogP contribution is -2.11. The van der Waals surface area contributed by atoms with Crippen molar-refractivity contribution in [3.8, 4) is 0 Å². The van der Waals surface area contributed by atoms with E-state index < -0.39 is 24.8 Å². The number of benzene rings is 2.